The molecule has 114 valence electrons. The standard InChI is InChI=1S/C16H30N4/c1-12(2)20(13(3)4)10-9-17-15-7-6-8-16-14(15)11-18-19(16)5/h11-13,15,17H,6-10H2,1-5H3. The van der Waals surface area contributed by atoms with Crippen molar-refractivity contribution in [3.05, 3.63) is 17.5 Å². The molecule has 4 nitrogen and oxygen atoms in total. The number of nitrogens with zero attached hydrogens (tertiary/aromatic N) is 3. The van der Waals surface area contributed by atoms with Crippen LogP contribution in [0, 0.1) is 0 Å². The van der Waals surface area contributed by atoms with Crippen molar-refractivity contribution in [1.82, 2.24) is 20.0 Å². The molecule has 20 heavy (non-hydrogen) atoms. The van der Waals surface area contributed by atoms with Gasteiger partial charge >= 0.3 is 0 Å². The maximum absolute atomic E-state index is 4.41. The van der Waals surface area contributed by atoms with E-state index in [1.165, 1.54) is 30.5 Å². The van der Waals surface area contributed by atoms with Crippen LogP contribution in [0.1, 0.15) is 57.8 Å². The molecule has 2 rings (SSSR count). The minimum atomic E-state index is 0.494. The summed E-state index contributed by atoms with van der Waals surface area (Å²) in [6, 6.07) is 1.71. The molecule has 0 spiro atoms. The molecule has 0 fully saturated rings. The average molecular weight is 278 g/mol. The van der Waals surface area contributed by atoms with Gasteiger partial charge in [-0.2, -0.15) is 5.10 Å². The van der Waals surface area contributed by atoms with Gasteiger partial charge in [0.1, 0.15) is 0 Å². The first-order valence-electron chi connectivity index (χ1n) is 8.00. The number of fused-ring (bicyclic) bond motifs is 1. The summed E-state index contributed by atoms with van der Waals surface area (Å²) in [6.07, 6.45) is 5.73. The highest BCUT2D eigenvalue weighted by atomic mass is 15.3. The van der Waals surface area contributed by atoms with E-state index in [-0.39, 0.29) is 0 Å². The Morgan fingerprint density at radius 1 is 1.35 bits per heavy atom. The molecule has 1 N–H and O–H groups in total. The molecule has 0 radical (unpaired) electrons. The SMILES string of the molecule is CC(C)N(CCNC1CCCc2c1cnn2C)C(C)C. The van der Waals surface area contributed by atoms with Crippen LogP contribution in [0.2, 0.25) is 0 Å². The van der Waals surface area contributed by atoms with Crippen LogP contribution in [0.3, 0.4) is 0 Å². The molecule has 0 saturated heterocycles. The Hall–Kier alpha value is -0.870. The summed E-state index contributed by atoms with van der Waals surface area (Å²) >= 11 is 0. The molecular weight excluding hydrogens is 248 g/mol. The Morgan fingerprint density at radius 3 is 2.70 bits per heavy atom. The Morgan fingerprint density at radius 2 is 2.05 bits per heavy atom. The van der Waals surface area contributed by atoms with Gasteiger partial charge in [-0.3, -0.25) is 9.58 Å². The van der Waals surface area contributed by atoms with Gasteiger partial charge in [0.15, 0.2) is 0 Å². The average Bonchev–Trinajstić information content (AvgIpc) is 2.76. The smallest absolute Gasteiger partial charge is 0.0540 e. The van der Waals surface area contributed by atoms with Gasteiger partial charge in [0.2, 0.25) is 0 Å². The zero-order valence-electron chi connectivity index (χ0n) is 13.7. The van der Waals surface area contributed by atoms with E-state index in [9.17, 15) is 0 Å². The molecule has 0 aromatic carbocycles. The molecule has 1 aliphatic carbocycles. The number of hydrogen-bond donors (Lipinski definition) is 1. The molecule has 1 unspecified atom stereocenters. The van der Waals surface area contributed by atoms with Gasteiger partial charge in [0.25, 0.3) is 0 Å². The van der Waals surface area contributed by atoms with Crippen LogP contribution in [0.25, 0.3) is 0 Å². The minimum Gasteiger partial charge on any atom is -0.309 e. The second kappa shape index (κ2) is 6.72. The third kappa shape index (κ3) is 3.41. The van der Waals surface area contributed by atoms with Crippen LogP contribution in [0.15, 0.2) is 6.20 Å². The largest absolute Gasteiger partial charge is 0.309 e. The van der Waals surface area contributed by atoms with E-state index >= 15 is 0 Å². The lowest BCUT2D eigenvalue weighted by Gasteiger charge is -2.32. The summed E-state index contributed by atoms with van der Waals surface area (Å²) < 4.78 is 2.04. The van der Waals surface area contributed by atoms with Gasteiger partial charge in [-0.25, -0.2) is 0 Å². The van der Waals surface area contributed by atoms with Crippen molar-refractivity contribution >= 4 is 0 Å². The Kier molecular flexibility index (Phi) is 5.22. The van der Waals surface area contributed by atoms with Crippen LogP contribution in [0.5, 0.6) is 0 Å². The Labute approximate surface area is 123 Å². The summed E-state index contributed by atoms with van der Waals surface area (Å²) in [6.45, 7) is 11.3. The molecule has 1 aromatic rings. The molecule has 0 amide bonds. The number of rotatable bonds is 6. The summed E-state index contributed by atoms with van der Waals surface area (Å²) in [5.41, 5.74) is 2.83. The van der Waals surface area contributed by atoms with Crippen molar-refractivity contribution in [2.24, 2.45) is 7.05 Å². The molecule has 4 heteroatoms. The maximum Gasteiger partial charge on any atom is 0.0540 e. The predicted octanol–water partition coefficient (Wildman–Crippen LogP) is 2.51. The van der Waals surface area contributed by atoms with Crippen LogP contribution in [-0.4, -0.2) is 39.9 Å². The number of nitrogens with one attached hydrogen (secondary N) is 1. The van der Waals surface area contributed by atoms with Crippen molar-refractivity contribution in [3.8, 4) is 0 Å². The highest BCUT2D eigenvalue weighted by molar-refractivity contribution is 5.24. The van der Waals surface area contributed by atoms with Gasteiger partial charge < -0.3 is 5.32 Å². The van der Waals surface area contributed by atoms with E-state index in [1.54, 1.807) is 0 Å². The van der Waals surface area contributed by atoms with Gasteiger partial charge in [0, 0.05) is 49.5 Å². The quantitative estimate of drug-likeness (QED) is 0.868. The third-order valence-corrected chi connectivity index (χ3v) is 4.46. The van der Waals surface area contributed by atoms with Crippen molar-refractivity contribution in [2.75, 3.05) is 13.1 Å². The topological polar surface area (TPSA) is 33.1 Å². The van der Waals surface area contributed by atoms with Crippen LogP contribution in [0.4, 0.5) is 0 Å². The number of aryl methyl sites for hydroxylation is 1. The lowest BCUT2D eigenvalue weighted by atomic mass is 9.93. The van der Waals surface area contributed by atoms with Gasteiger partial charge in [-0.15, -0.1) is 0 Å². The van der Waals surface area contributed by atoms with Crippen LogP contribution >= 0.6 is 0 Å². The zero-order chi connectivity index (χ0) is 14.7. The van der Waals surface area contributed by atoms with Crippen molar-refractivity contribution in [1.29, 1.82) is 0 Å². The Bertz CT molecular complexity index is 414. The van der Waals surface area contributed by atoms with Crippen molar-refractivity contribution in [3.63, 3.8) is 0 Å². The van der Waals surface area contributed by atoms with E-state index < -0.39 is 0 Å². The lowest BCUT2D eigenvalue weighted by molar-refractivity contribution is 0.173. The van der Waals surface area contributed by atoms with Gasteiger partial charge in [0.05, 0.1) is 6.20 Å². The first-order valence-corrected chi connectivity index (χ1v) is 8.00. The highest BCUT2D eigenvalue weighted by Crippen LogP contribution is 2.28. The van der Waals surface area contributed by atoms with E-state index in [2.05, 4.69) is 56.3 Å². The second-order valence-electron chi connectivity index (χ2n) is 6.49. The Balaban J connectivity index is 1.89. The van der Waals surface area contributed by atoms with Crippen LogP contribution in [-0.2, 0) is 13.5 Å². The number of aromatic nitrogens is 2. The molecule has 1 heterocycles. The minimum absolute atomic E-state index is 0.494. The van der Waals surface area contributed by atoms with E-state index in [1.807, 2.05) is 4.68 Å². The monoisotopic (exact) mass is 278 g/mol. The molecule has 1 atom stereocenters. The first-order chi connectivity index (χ1) is 9.50. The van der Waals surface area contributed by atoms with E-state index in [0.29, 0.717) is 18.1 Å². The fourth-order valence-electron chi connectivity index (χ4n) is 3.40. The maximum atomic E-state index is 4.41. The summed E-state index contributed by atoms with van der Waals surface area (Å²) in [7, 11) is 2.06. The summed E-state index contributed by atoms with van der Waals surface area (Å²) in [5.74, 6) is 0. The van der Waals surface area contributed by atoms with Gasteiger partial charge in [-0.05, 0) is 47.0 Å². The predicted molar refractivity (Wildman–Crippen MR) is 83.9 cm³/mol. The van der Waals surface area contributed by atoms with E-state index in [4.69, 9.17) is 0 Å². The second-order valence-corrected chi connectivity index (χ2v) is 6.49. The molecule has 0 saturated carbocycles. The molecule has 0 bridgehead atoms. The van der Waals surface area contributed by atoms with Gasteiger partial charge in [-0.1, -0.05) is 0 Å². The number of hydrogen-bond acceptors (Lipinski definition) is 3. The molecule has 1 aromatic heterocycles. The van der Waals surface area contributed by atoms with E-state index in [0.717, 1.165) is 13.1 Å². The van der Waals surface area contributed by atoms with Crippen LogP contribution < -0.4 is 5.32 Å². The molecule has 1 aliphatic rings. The summed E-state index contributed by atoms with van der Waals surface area (Å²) in [4.78, 5) is 2.54. The summed E-state index contributed by atoms with van der Waals surface area (Å²) in [5, 5.41) is 8.15. The lowest BCUT2D eigenvalue weighted by Crippen LogP contribution is -2.42. The van der Waals surface area contributed by atoms with Crippen molar-refractivity contribution < 1.29 is 0 Å². The molecular formula is C16H30N4. The zero-order valence-corrected chi connectivity index (χ0v) is 13.7. The highest BCUT2D eigenvalue weighted by Gasteiger charge is 2.23. The molecule has 0 aliphatic heterocycles. The third-order valence-electron chi connectivity index (χ3n) is 4.46. The first kappa shape index (κ1) is 15.5. The fourth-order valence-corrected chi connectivity index (χ4v) is 3.40. The normalized spacial score (nSPS) is 19.1. The fraction of sp³-hybridized carbons (Fsp3) is 0.812. The van der Waals surface area contributed by atoms with Crippen molar-refractivity contribution in [2.45, 2.75) is 65.1 Å².